The van der Waals surface area contributed by atoms with Crippen molar-refractivity contribution in [3.8, 4) is 0 Å². The lowest BCUT2D eigenvalue weighted by Gasteiger charge is -2.21. The fourth-order valence-corrected chi connectivity index (χ4v) is 1.34. The zero-order chi connectivity index (χ0) is 10.6. The molecule has 0 aliphatic carbocycles. The van der Waals surface area contributed by atoms with Gasteiger partial charge in [0.05, 0.1) is 6.33 Å². The smallest absolute Gasteiger partial charge is 0.276 e. The molecule has 0 spiro atoms. The van der Waals surface area contributed by atoms with Gasteiger partial charge >= 0.3 is 0 Å². The molecule has 1 aromatic rings. The van der Waals surface area contributed by atoms with Crippen LogP contribution in [0.1, 0.15) is 20.3 Å². The zero-order valence-electron chi connectivity index (χ0n) is 8.58. The number of aromatic nitrogens is 2. The van der Waals surface area contributed by atoms with Crippen LogP contribution in [0.15, 0.2) is 11.1 Å². The predicted octanol–water partition coefficient (Wildman–Crippen LogP) is 0.588. The first-order valence-electron chi connectivity index (χ1n) is 4.78. The molecule has 0 aliphatic heterocycles. The van der Waals surface area contributed by atoms with Crippen LogP contribution in [0.5, 0.6) is 0 Å². The summed E-state index contributed by atoms with van der Waals surface area (Å²) >= 11 is 0. The van der Waals surface area contributed by atoms with E-state index in [-0.39, 0.29) is 11.2 Å². The molecule has 0 amide bonds. The summed E-state index contributed by atoms with van der Waals surface area (Å²) in [6.07, 6.45) is 2.38. The van der Waals surface area contributed by atoms with E-state index in [1.165, 1.54) is 6.33 Å². The van der Waals surface area contributed by atoms with Gasteiger partial charge < -0.3 is 15.6 Å². The molecule has 5 nitrogen and oxygen atoms in total. The van der Waals surface area contributed by atoms with Crippen molar-refractivity contribution in [3.63, 3.8) is 0 Å². The summed E-state index contributed by atoms with van der Waals surface area (Å²) in [7, 11) is 0. The molecule has 0 radical (unpaired) electrons. The maximum absolute atomic E-state index is 11.2. The Morgan fingerprint density at radius 1 is 1.57 bits per heavy atom. The predicted molar refractivity (Wildman–Crippen MR) is 57.4 cm³/mol. The molecule has 14 heavy (non-hydrogen) atoms. The Labute approximate surface area is 83.0 Å². The molecule has 0 unspecified atom stereocenters. The van der Waals surface area contributed by atoms with Crippen LogP contribution in [-0.2, 0) is 0 Å². The maximum Gasteiger partial charge on any atom is 0.276 e. The van der Waals surface area contributed by atoms with Crippen LogP contribution in [0.2, 0.25) is 0 Å². The number of anilines is 2. The van der Waals surface area contributed by atoms with E-state index in [0.717, 1.165) is 19.5 Å². The number of nitrogen functional groups attached to an aromatic ring is 1. The van der Waals surface area contributed by atoms with Crippen molar-refractivity contribution in [2.75, 3.05) is 23.7 Å². The second kappa shape index (κ2) is 4.64. The van der Waals surface area contributed by atoms with Gasteiger partial charge in [-0.15, -0.1) is 0 Å². The molecule has 0 bridgehead atoms. The number of nitrogens with two attached hydrogens (primary N) is 1. The summed E-state index contributed by atoms with van der Waals surface area (Å²) in [6.45, 7) is 5.75. The molecule has 3 N–H and O–H groups in total. The Balaban J connectivity index is 3.03. The van der Waals surface area contributed by atoms with E-state index in [4.69, 9.17) is 5.73 Å². The summed E-state index contributed by atoms with van der Waals surface area (Å²) < 4.78 is 0. The van der Waals surface area contributed by atoms with Crippen LogP contribution >= 0.6 is 0 Å². The Bertz CT molecular complexity index is 347. The molecule has 1 rings (SSSR count). The molecule has 78 valence electrons. The molecule has 0 saturated heterocycles. The van der Waals surface area contributed by atoms with E-state index in [0.29, 0.717) is 5.82 Å². The van der Waals surface area contributed by atoms with Crippen LogP contribution < -0.4 is 16.2 Å². The van der Waals surface area contributed by atoms with Crippen LogP contribution in [0.25, 0.3) is 0 Å². The number of nitrogens with zero attached hydrogens (tertiary/aromatic N) is 2. The Kier molecular flexibility index (Phi) is 3.50. The molecular formula is C9H16N4O. The highest BCUT2D eigenvalue weighted by molar-refractivity contribution is 5.60. The van der Waals surface area contributed by atoms with Crippen molar-refractivity contribution in [2.24, 2.45) is 0 Å². The van der Waals surface area contributed by atoms with Gasteiger partial charge in [-0.1, -0.05) is 6.92 Å². The van der Waals surface area contributed by atoms with Crippen LogP contribution in [0.3, 0.4) is 0 Å². The van der Waals surface area contributed by atoms with Gasteiger partial charge in [-0.2, -0.15) is 0 Å². The maximum atomic E-state index is 11.2. The van der Waals surface area contributed by atoms with Crippen molar-refractivity contribution < 1.29 is 0 Å². The Morgan fingerprint density at radius 2 is 2.29 bits per heavy atom. The van der Waals surface area contributed by atoms with E-state index >= 15 is 0 Å². The van der Waals surface area contributed by atoms with Crippen molar-refractivity contribution >= 4 is 11.5 Å². The SMILES string of the molecule is CCCN(CC)c1nc[nH]c(=O)c1N. The van der Waals surface area contributed by atoms with Gasteiger partial charge in [0.25, 0.3) is 5.56 Å². The summed E-state index contributed by atoms with van der Waals surface area (Å²) in [4.78, 5) is 19.7. The lowest BCUT2D eigenvalue weighted by molar-refractivity contribution is 0.776. The van der Waals surface area contributed by atoms with Gasteiger partial charge in [0.1, 0.15) is 5.69 Å². The third kappa shape index (κ3) is 2.04. The second-order valence-corrected chi connectivity index (χ2v) is 3.05. The Morgan fingerprint density at radius 3 is 2.86 bits per heavy atom. The third-order valence-corrected chi connectivity index (χ3v) is 2.04. The first kappa shape index (κ1) is 10.6. The van der Waals surface area contributed by atoms with Crippen LogP contribution in [0.4, 0.5) is 11.5 Å². The fraction of sp³-hybridized carbons (Fsp3) is 0.556. The highest BCUT2D eigenvalue weighted by Crippen LogP contribution is 2.14. The minimum atomic E-state index is -0.274. The Hall–Kier alpha value is -1.52. The molecule has 1 aromatic heterocycles. The average molecular weight is 196 g/mol. The summed E-state index contributed by atoms with van der Waals surface area (Å²) in [5, 5.41) is 0. The number of hydrogen-bond acceptors (Lipinski definition) is 4. The van der Waals surface area contributed by atoms with Gasteiger partial charge in [0, 0.05) is 13.1 Å². The molecule has 5 heteroatoms. The minimum Gasteiger partial charge on any atom is -0.391 e. The number of rotatable bonds is 4. The van der Waals surface area contributed by atoms with E-state index in [9.17, 15) is 4.79 Å². The first-order valence-corrected chi connectivity index (χ1v) is 4.78. The number of aromatic amines is 1. The lowest BCUT2D eigenvalue weighted by atomic mass is 10.3. The number of H-pyrrole nitrogens is 1. The van der Waals surface area contributed by atoms with Gasteiger partial charge in [0.2, 0.25) is 0 Å². The minimum absolute atomic E-state index is 0.197. The van der Waals surface area contributed by atoms with Crippen molar-refractivity contribution in [3.05, 3.63) is 16.7 Å². The van der Waals surface area contributed by atoms with Crippen LogP contribution in [0, 0.1) is 0 Å². The fourth-order valence-electron chi connectivity index (χ4n) is 1.34. The topological polar surface area (TPSA) is 75.0 Å². The summed E-state index contributed by atoms with van der Waals surface area (Å²) in [5.74, 6) is 0.582. The quantitative estimate of drug-likeness (QED) is 0.739. The average Bonchev–Trinajstić information content (AvgIpc) is 2.19. The lowest BCUT2D eigenvalue weighted by Crippen LogP contribution is -2.28. The molecule has 0 aromatic carbocycles. The molecule has 0 aliphatic rings. The highest BCUT2D eigenvalue weighted by atomic mass is 16.1. The van der Waals surface area contributed by atoms with Crippen molar-refractivity contribution in [1.29, 1.82) is 0 Å². The normalized spacial score (nSPS) is 10.1. The van der Waals surface area contributed by atoms with E-state index < -0.39 is 0 Å². The van der Waals surface area contributed by atoms with Gasteiger partial charge in [-0.3, -0.25) is 4.79 Å². The first-order chi connectivity index (χ1) is 6.70. The van der Waals surface area contributed by atoms with Gasteiger partial charge in [0.15, 0.2) is 5.82 Å². The molecule has 0 fully saturated rings. The number of nitrogens with one attached hydrogen (secondary N) is 1. The molecule has 1 heterocycles. The van der Waals surface area contributed by atoms with E-state index in [2.05, 4.69) is 16.9 Å². The van der Waals surface area contributed by atoms with E-state index in [1.54, 1.807) is 0 Å². The van der Waals surface area contributed by atoms with Crippen LogP contribution in [-0.4, -0.2) is 23.1 Å². The number of hydrogen-bond donors (Lipinski definition) is 2. The van der Waals surface area contributed by atoms with Gasteiger partial charge in [-0.25, -0.2) is 4.98 Å². The third-order valence-electron chi connectivity index (χ3n) is 2.04. The second-order valence-electron chi connectivity index (χ2n) is 3.05. The summed E-state index contributed by atoms with van der Waals surface area (Å²) in [5.41, 5.74) is 5.56. The van der Waals surface area contributed by atoms with Crippen molar-refractivity contribution in [1.82, 2.24) is 9.97 Å². The van der Waals surface area contributed by atoms with E-state index in [1.807, 2.05) is 11.8 Å². The monoisotopic (exact) mass is 196 g/mol. The van der Waals surface area contributed by atoms with Gasteiger partial charge in [-0.05, 0) is 13.3 Å². The standard InChI is InChI=1S/C9H16N4O/c1-3-5-13(4-2)8-7(10)9(14)12-6-11-8/h6H,3-5,10H2,1-2H3,(H,11,12,14). The summed E-state index contributed by atoms with van der Waals surface area (Å²) in [6, 6.07) is 0. The largest absolute Gasteiger partial charge is 0.391 e. The van der Waals surface area contributed by atoms with Crippen molar-refractivity contribution in [2.45, 2.75) is 20.3 Å². The zero-order valence-corrected chi connectivity index (χ0v) is 8.58. The highest BCUT2D eigenvalue weighted by Gasteiger charge is 2.10. The molecule has 0 atom stereocenters. The molecular weight excluding hydrogens is 180 g/mol. The molecule has 0 saturated carbocycles.